The Morgan fingerprint density at radius 3 is 2.51 bits per heavy atom. The van der Waals surface area contributed by atoms with E-state index in [0.717, 1.165) is 36.4 Å². The SMILES string of the molecule is C=C(CC12CCC(c3ccccc31)c1ccccc12)C(C)Oc1ccc(S(=O)(=O)Nc2ncns2)cc1C#N. The van der Waals surface area contributed by atoms with Crippen molar-refractivity contribution in [1.29, 1.82) is 5.26 Å². The molecule has 7 rings (SSSR count). The van der Waals surface area contributed by atoms with Crippen LogP contribution in [0, 0.1) is 11.3 Å². The highest BCUT2D eigenvalue weighted by molar-refractivity contribution is 7.93. The van der Waals surface area contributed by atoms with Gasteiger partial charge in [-0.05, 0) is 72.2 Å². The number of hydrogen-bond acceptors (Lipinski definition) is 7. The standard InChI is InChI=1S/C30H26N4O3S2/c1-19(16-30-14-13-23(24-7-3-5-9-26(24)30)25-8-4-6-10-27(25)30)20(2)37-28-12-11-22(15-21(28)17-31)39(35,36)34-29-32-18-33-38-29/h3-12,15,18,20,23H,1,13-14,16H2,2H3,(H,32,33,34). The van der Waals surface area contributed by atoms with Crippen LogP contribution in [-0.2, 0) is 15.4 Å². The van der Waals surface area contributed by atoms with Gasteiger partial charge in [-0.25, -0.2) is 13.4 Å². The maximum atomic E-state index is 12.8. The maximum Gasteiger partial charge on any atom is 0.263 e. The summed E-state index contributed by atoms with van der Waals surface area (Å²) in [6.45, 7) is 6.35. The maximum absolute atomic E-state index is 12.8. The molecule has 0 amide bonds. The number of nitrogens with one attached hydrogen (secondary N) is 1. The van der Waals surface area contributed by atoms with Crippen LogP contribution in [0.3, 0.4) is 0 Å². The molecule has 0 saturated carbocycles. The number of nitrogens with zero attached hydrogens (tertiary/aromatic N) is 3. The van der Waals surface area contributed by atoms with Crippen LogP contribution < -0.4 is 9.46 Å². The molecule has 196 valence electrons. The fourth-order valence-corrected chi connectivity index (χ4v) is 7.79. The van der Waals surface area contributed by atoms with Gasteiger partial charge < -0.3 is 4.74 Å². The van der Waals surface area contributed by atoms with E-state index in [0.29, 0.717) is 11.7 Å². The van der Waals surface area contributed by atoms with Crippen molar-refractivity contribution in [3.05, 3.63) is 113 Å². The fraction of sp³-hybridized carbons (Fsp3) is 0.233. The average molecular weight is 555 g/mol. The normalized spacial score (nSPS) is 19.8. The average Bonchev–Trinajstić information content (AvgIpc) is 3.46. The van der Waals surface area contributed by atoms with Crippen LogP contribution in [0.1, 0.15) is 59.9 Å². The van der Waals surface area contributed by atoms with Crippen LogP contribution in [0.4, 0.5) is 5.13 Å². The Labute approximate surface area is 232 Å². The van der Waals surface area contributed by atoms with E-state index in [1.54, 1.807) is 0 Å². The molecule has 0 aliphatic heterocycles. The van der Waals surface area contributed by atoms with Crippen LogP contribution in [0.25, 0.3) is 0 Å². The molecule has 39 heavy (non-hydrogen) atoms. The lowest BCUT2D eigenvalue weighted by Crippen LogP contribution is -2.41. The molecule has 1 aromatic heterocycles. The first-order valence-electron chi connectivity index (χ1n) is 12.7. The third kappa shape index (κ3) is 4.30. The summed E-state index contributed by atoms with van der Waals surface area (Å²) in [6.07, 6.45) is 3.72. The zero-order valence-corrected chi connectivity index (χ0v) is 22.9. The van der Waals surface area contributed by atoms with Gasteiger partial charge in [-0.15, -0.1) is 0 Å². The van der Waals surface area contributed by atoms with E-state index in [1.165, 1.54) is 46.8 Å². The molecule has 1 atom stereocenters. The third-order valence-corrected chi connectivity index (χ3v) is 9.98. The summed E-state index contributed by atoms with van der Waals surface area (Å²) in [7, 11) is -3.93. The minimum absolute atomic E-state index is 0.0563. The number of hydrogen-bond donors (Lipinski definition) is 1. The molecule has 4 aromatic rings. The van der Waals surface area contributed by atoms with Gasteiger partial charge in [-0.1, -0.05) is 55.1 Å². The number of rotatable bonds is 8. The van der Waals surface area contributed by atoms with E-state index >= 15 is 0 Å². The van der Waals surface area contributed by atoms with Gasteiger partial charge >= 0.3 is 0 Å². The lowest BCUT2D eigenvalue weighted by Gasteiger charge is -2.50. The summed E-state index contributed by atoms with van der Waals surface area (Å²) < 4.78 is 37.9. The van der Waals surface area contributed by atoms with Gasteiger partial charge in [0.2, 0.25) is 5.13 Å². The predicted molar refractivity (Wildman–Crippen MR) is 150 cm³/mol. The van der Waals surface area contributed by atoms with Crippen molar-refractivity contribution in [3.8, 4) is 11.8 Å². The van der Waals surface area contributed by atoms with Gasteiger partial charge in [0.25, 0.3) is 10.0 Å². The van der Waals surface area contributed by atoms with Crippen molar-refractivity contribution in [2.24, 2.45) is 0 Å². The van der Waals surface area contributed by atoms with Gasteiger partial charge in [0.05, 0.1) is 10.5 Å². The zero-order valence-electron chi connectivity index (χ0n) is 21.3. The Bertz CT molecular complexity index is 1680. The number of nitriles is 1. The Hall–Kier alpha value is -4.00. The first-order chi connectivity index (χ1) is 18.8. The molecule has 0 saturated heterocycles. The van der Waals surface area contributed by atoms with Crippen molar-refractivity contribution in [2.45, 2.75) is 48.5 Å². The molecule has 7 nitrogen and oxygen atoms in total. The molecule has 1 N–H and O–H groups in total. The number of sulfonamides is 1. The quantitative estimate of drug-likeness (QED) is 0.262. The summed E-state index contributed by atoms with van der Waals surface area (Å²) in [5, 5.41) is 9.94. The minimum atomic E-state index is -3.93. The molecule has 3 aliphatic rings. The molecular weight excluding hydrogens is 528 g/mol. The van der Waals surface area contributed by atoms with Gasteiger partial charge in [0, 0.05) is 22.9 Å². The second kappa shape index (κ2) is 9.63. The molecule has 3 aliphatic carbocycles. The van der Waals surface area contributed by atoms with Gasteiger partial charge in [-0.2, -0.15) is 9.64 Å². The molecule has 1 unspecified atom stereocenters. The molecular formula is C30H26N4O3S2. The summed E-state index contributed by atoms with van der Waals surface area (Å²) in [6, 6.07) is 23.8. The van der Waals surface area contributed by atoms with E-state index < -0.39 is 16.1 Å². The van der Waals surface area contributed by atoms with E-state index in [2.05, 4.69) is 75.3 Å². The second-order valence-electron chi connectivity index (χ2n) is 10.1. The molecule has 0 spiro atoms. The molecule has 3 aromatic carbocycles. The van der Waals surface area contributed by atoms with Crippen molar-refractivity contribution in [2.75, 3.05) is 4.72 Å². The van der Waals surface area contributed by atoms with Gasteiger partial charge in [-0.3, -0.25) is 4.72 Å². The molecule has 9 heteroatoms. The Kier molecular flexibility index (Phi) is 6.25. The topological polar surface area (TPSA) is 105 Å². The van der Waals surface area contributed by atoms with Gasteiger partial charge in [0.15, 0.2) is 0 Å². The number of anilines is 1. The first-order valence-corrected chi connectivity index (χ1v) is 14.9. The number of ether oxygens (including phenoxy) is 1. The van der Waals surface area contributed by atoms with E-state index in [1.807, 2.05) is 6.92 Å². The highest BCUT2D eigenvalue weighted by atomic mass is 32.2. The summed E-state index contributed by atoms with van der Waals surface area (Å²) in [4.78, 5) is 3.80. The smallest absolute Gasteiger partial charge is 0.263 e. The van der Waals surface area contributed by atoms with Crippen LogP contribution in [-0.4, -0.2) is 23.9 Å². The van der Waals surface area contributed by atoms with Crippen LogP contribution in [0.15, 0.2) is 90.1 Å². The fourth-order valence-electron chi connectivity index (χ4n) is 6.10. The van der Waals surface area contributed by atoms with E-state index in [4.69, 9.17) is 4.74 Å². The number of benzene rings is 3. The summed E-state index contributed by atoms with van der Waals surface area (Å²) >= 11 is 0.928. The van der Waals surface area contributed by atoms with E-state index in [9.17, 15) is 13.7 Å². The zero-order chi connectivity index (χ0) is 27.2. The summed E-state index contributed by atoms with van der Waals surface area (Å²) in [5.41, 5.74) is 6.39. The molecule has 1 heterocycles. The predicted octanol–water partition coefficient (Wildman–Crippen LogP) is 6.15. The van der Waals surface area contributed by atoms with Crippen molar-refractivity contribution in [1.82, 2.24) is 9.36 Å². The van der Waals surface area contributed by atoms with Crippen LogP contribution in [0.5, 0.6) is 5.75 Å². The molecule has 0 radical (unpaired) electrons. The van der Waals surface area contributed by atoms with Crippen LogP contribution >= 0.6 is 11.5 Å². The third-order valence-electron chi connectivity index (χ3n) is 7.94. The lowest BCUT2D eigenvalue weighted by molar-refractivity contribution is 0.241. The van der Waals surface area contributed by atoms with Crippen molar-refractivity contribution < 1.29 is 13.2 Å². The lowest BCUT2D eigenvalue weighted by atomic mass is 9.53. The highest BCUT2D eigenvalue weighted by Gasteiger charge is 2.48. The largest absolute Gasteiger partial charge is 0.485 e. The Morgan fingerprint density at radius 2 is 1.87 bits per heavy atom. The van der Waals surface area contributed by atoms with Gasteiger partial charge in [0.1, 0.15) is 24.3 Å². The molecule has 0 fully saturated rings. The second-order valence-corrected chi connectivity index (χ2v) is 12.5. The van der Waals surface area contributed by atoms with E-state index in [-0.39, 0.29) is 21.0 Å². The first kappa shape index (κ1) is 25.3. The minimum Gasteiger partial charge on any atom is -0.485 e. The molecule has 2 bridgehead atoms. The highest BCUT2D eigenvalue weighted by Crippen LogP contribution is 2.58. The van der Waals surface area contributed by atoms with Crippen molar-refractivity contribution >= 4 is 26.7 Å². The number of fused-ring (bicyclic) bond motifs is 1. The Morgan fingerprint density at radius 1 is 1.18 bits per heavy atom. The van der Waals surface area contributed by atoms with Crippen LogP contribution in [0.2, 0.25) is 0 Å². The number of aromatic nitrogens is 2. The Balaban J connectivity index is 1.26. The monoisotopic (exact) mass is 554 g/mol. The van der Waals surface area contributed by atoms with Crippen molar-refractivity contribution in [3.63, 3.8) is 0 Å². The summed E-state index contributed by atoms with van der Waals surface area (Å²) in [5.74, 6) is 0.738.